The van der Waals surface area contributed by atoms with Crippen LogP contribution in [0, 0.1) is 0 Å². The van der Waals surface area contributed by atoms with E-state index in [0.717, 1.165) is 61.6 Å². The summed E-state index contributed by atoms with van der Waals surface area (Å²) in [7, 11) is 3.34. The van der Waals surface area contributed by atoms with Crippen LogP contribution in [0.5, 0.6) is 17.2 Å². The Balaban J connectivity index is 1.33. The van der Waals surface area contributed by atoms with Crippen molar-refractivity contribution in [3.63, 3.8) is 0 Å². The average molecular weight is 417 g/mol. The predicted octanol–water partition coefficient (Wildman–Crippen LogP) is 1.36. The molecule has 1 aliphatic heterocycles. The molecule has 7 heteroatoms. The highest BCUT2D eigenvalue weighted by Gasteiger charge is 2.21. The van der Waals surface area contributed by atoms with Gasteiger partial charge in [-0.15, -0.1) is 0 Å². The van der Waals surface area contributed by atoms with Gasteiger partial charge >= 0.3 is 0 Å². The molecule has 1 aliphatic rings. The largest absolute Gasteiger partial charge is 0.497 e. The lowest BCUT2D eigenvalue weighted by Crippen LogP contribution is -3.15. The Morgan fingerprint density at radius 3 is 2.07 bits per heavy atom. The van der Waals surface area contributed by atoms with Gasteiger partial charge in [-0.3, -0.25) is 0 Å². The molecule has 29 heavy (non-hydrogen) atoms. The first-order chi connectivity index (χ1) is 14.2. The Kier molecular flexibility index (Phi) is 7.95. The van der Waals surface area contributed by atoms with Gasteiger partial charge in [0.1, 0.15) is 30.4 Å². The molecular weight excluding hydrogens is 386 g/mol. The summed E-state index contributed by atoms with van der Waals surface area (Å²) >= 11 is 5.58. The van der Waals surface area contributed by atoms with Gasteiger partial charge in [0.05, 0.1) is 40.4 Å². The van der Waals surface area contributed by atoms with Gasteiger partial charge in [0, 0.05) is 6.54 Å². The SMILES string of the molecule is COc1ccc(CNC(=S)N2CC[NH+](CCOc3ccc(OC)cc3)CC2)cc1. The first-order valence-corrected chi connectivity index (χ1v) is 10.3. The molecule has 2 aromatic carbocycles. The zero-order valence-electron chi connectivity index (χ0n) is 17.1. The molecule has 1 fully saturated rings. The number of quaternary nitrogens is 1. The highest BCUT2D eigenvalue weighted by molar-refractivity contribution is 7.80. The Hall–Kier alpha value is -2.51. The molecule has 0 unspecified atom stereocenters. The maximum Gasteiger partial charge on any atom is 0.169 e. The molecule has 0 aliphatic carbocycles. The number of nitrogens with one attached hydrogen (secondary N) is 2. The zero-order valence-corrected chi connectivity index (χ0v) is 18.0. The molecule has 0 amide bonds. The smallest absolute Gasteiger partial charge is 0.169 e. The molecule has 0 atom stereocenters. The first kappa shape index (κ1) is 21.2. The summed E-state index contributed by atoms with van der Waals surface area (Å²) in [6.45, 7) is 6.49. The quantitative estimate of drug-likeness (QED) is 0.634. The summed E-state index contributed by atoms with van der Waals surface area (Å²) in [5, 5.41) is 4.20. The van der Waals surface area contributed by atoms with Crippen molar-refractivity contribution in [1.82, 2.24) is 10.2 Å². The Morgan fingerprint density at radius 1 is 0.931 bits per heavy atom. The number of nitrogens with zero attached hydrogens (tertiary/aromatic N) is 1. The topological polar surface area (TPSA) is 47.4 Å². The second-order valence-corrected chi connectivity index (χ2v) is 7.40. The molecule has 156 valence electrons. The molecule has 0 bridgehead atoms. The second kappa shape index (κ2) is 10.9. The number of hydrogen-bond acceptors (Lipinski definition) is 4. The van der Waals surface area contributed by atoms with E-state index in [1.54, 1.807) is 19.1 Å². The normalized spacial score (nSPS) is 14.3. The summed E-state index contributed by atoms with van der Waals surface area (Å²) < 4.78 is 16.2. The third kappa shape index (κ3) is 6.51. The van der Waals surface area contributed by atoms with Crippen molar-refractivity contribution in [3.8, 4) is 17.2 Å². The fourth-order valence-corrected chi connectivity index (χ4v) is 3.55. The van der Waals surface area contributed by atoms with Crippen LogP contribution in [-0.4, -0.2) is 63.6 Å². The van der Waals surface area contributed by atoms with Crippen LogP contribution in [-0.2, 0) is 6.54 Å². The van der Waals surface area contributed by atoms with E-state index in [4.69, 9.17) is 26.4 Å². The van der Waals surface area contributed by atoms with Crippen LogP contribution in [0.1, 0.15) is 5.56 Å². The summed E-state index contributed by atoms with van der Waals surface area (Å²) in [6.07, 6.45) is 0. The highest BCUT2D eigenvalue weighted by atomic mass is 32.1. The van der Waals surface area contributed by atoms with Crippen LogP contribution in [0.25, 0.3) is 0 Å². The number of ether oxygens (including phenoxy) is 3. The zero-order chi connectivity index (χ0) is 20.5. The molecule has 0 saturated carbocycles. The van der Waals surface area contributed by atoms with Gasteiger partial charge in [-0.1, -0.05) is 12.1 Å². The Morgan fingerprint density at radius 2 is 1.48 bits per heavy atom. The minimum atomic E-state index is 0.710. The molecule has 0 aromatic heterocycles. The van der Waals surface area contributed by atoms with E-state index in [1.807, 2.05) is 36.4 Å². The first-order valence-electron chi connectivity index (χ1n) is 9.94. The van der Waals surface area contributed by atoms with Gasteiger partial charge in [0.15, 0.2) is 5.11 Å². The maximum absolute atomic E-state index is 5.85. The van der Waals surface area contributed by atoms with E-state index in [9.17, 15) is 0 Å². The van der Waals surface area contributed by atoms with Crippen molar-refractivity contribution in [2.75, 3.05) is 53.6 Å². The van der Waals surface area contributed by atoms with Crippen molar-refractivity contribution in [1.29, 1.82) is 0 Å². The van der Waals surface area contributed by atoms with Crippen LogP contribution in [0.2, 0.25) is 0 Å². The standard InChI is InChI=1S/C22H29N3O3S/c1-26-19-5-3-18(4-6-19)17-23-22(29)25-13-11-24(12-14-25)15-16-28-21-9-7-20(27-2)8-10-21/h3-10H,11-17H2,1-2H3,(H,23,29)/p+1. The summed E-state index contributed by atoms with van der Waals surface area (Å²) in [5.41, 5.74) is 1.19. The van der Waals surface area contributed by atoms with E-state index in [-0.39, 0.29) is 0 Å². The van der Waals surface area contributed by atoms with E-state index < -0.39 is 0 Å². The van der Waals surface area contributed by atoms with Gasteiger partial charge in [0.25, 0.3) is 0 Å². The lowest BCUT2D eigenvalue weighted by Gasteiger charge is -2.33. The molecule has 2 N–H and O–H groups in total. The van der Waals surface area contributed by atoms with Crippen molar-refractivity contribution < 1.29 is 19.1 Å². The Labute approximate surface area is 178 Å². The van der Waals surface area contributed by atoms with Gasteiger partial charge < -0.3 is 29.3 Å². The number of thiocarbonyl (C=S) groups is 1. The van der Waals surface area contributed by atoms with Crippen molar-refractivity contribution in [2.24, 2.45) is 0 Å². The van der Waals surface area contributed by atoms with Crippen molar-refractivity contribution in [3.05, 3.63) is 54.1 Å². The average Bonchev–Trinajstić information content (AvgIpc) is 2.78. The van der Waals surface area contributed by atoms with Crippen LogP contribution >= 0.6 is 12.2 Å². The number of methoxy groups -OCH3 is 2. The molecular formula is C22H30N3O3S+. The third-order valence-electron chi connectivity index (χ3n) is 5.14. The van der Waals surface area contributed by atoms with E-state index >= 15 is 0 Å². The fraction of sp³-hybridized carbons (Fsp3) is 0.409. The molecule has 0 spiro atoms. The lowest BCUT2D eigenvalue weighted by molar-refractivity contribution is -0.903. The second-order valence-electron chi connectivity index (χ2n) is 7.02. The van der Waals surface area contributed by atoms with Gasteiger partial charge in [0.2, 0.25) is 0 Å². The van der Waals surface area contributed by atoms with E-state index in [2.05, 4.69) is 22.3 Å². The molecule has 6 nitrogen and oxygen atoms in total. The predicted molar refractivity (Wildman–Crippen MR) is 118 cm³/mol. The van der Waals surface area contributed by atoms with E-state index in [0.29, 0.717) is 6.61 Å². The molecule has 0 radical (unpaired) electrons. The number of benzene rings is 2. The van der Waals surface area contributed by atoms with Crippen LogP contribution in [0.3, 0.4) is 0 Å². The number of rotatable bonds is 8. The fourth-order valence-electron chi connectivity index (χ4n) is 3.29. The van der Waals surface area contributed by atoms with Crippen molar-refractivity contribution in [2.45, 2.75) is 6.54 Å². The van der Waals surface area contributed by atoms with E-state index in [1.165, 1.54) is 5.56 Å². The molecule has 1 heterocycles. The third-order valence-corrected chi connectivity index (χ3v) is 5.55. The molecule has 3 rings (SSSR count). The highest BCUT2D eigenvalue weighted by Crippen LogP contribution is 2.16. The summed E-state index contributed by atoms with van der Waals surface area (Å²) in [4.78, 5) is 3.81. The molecule has 1 saturated heterocycles. The maximum atomic E-state index is 5.85. The van der Waals surface area contributed by atoms with Gasteiger partial charge in [-0.05, 0) is 54.2 Å². The van der Waals surface area contributed by atoms with Crippen LogP contribution < -0.4 is 24.4 Å². The monoisotopic (exact) mass is 416 g/mol. The van der Waals surface area contributed by atoms with Crippen molar-refractivity contribution >= 4 is 17.3 Å². The minimum absolute atomic E-state index is 0.710. The van der Waals surface area contributed by atoms with Crippen LogP contribution in [0.15, 0.2) is 48.5 Å². The number of hydrogen-bond donors (Lipinski definition) is 2. The summed E-state index contributed by atoms with van der Waals surface area (Å²) in [5.74, 6) is 2.59. The lowest BCUT2D eigenvalue weighted by atomic mass is 10.2. The van der Waals surface area contributed by atoms with Crippen LogP contribution in [0.4, 0.5) is 0 Å². The minimum Gasteiger partial charge on any atom is -0.497 e. The van der Waals surface area contributed by atoms with Gasteiger partial charge in [-0.2, -0.15) is 0 Å². The summed E-state index contributed by atoms with van der Waals surface area (Å²) in [6, 6.07) is 15.8. The number of piperazine rings is 1. The Bertz CT molecular complexity index is 760. The van der Waals surface area contributed by atoms with Gasteiger partial charge in [-0.25, -0.2) is 0 Å². The molecule has 2 aromatic rings.